The molecule has 4 nitrogen and oxygen atoms in total. The predicted molar refractivity (Wildman–Crippen MR) is 252 cm³/mol. The quantitative estimate of drug-likeness (QED) is 0.169. The average Bonchev–Trinajstić information content (AvgIpc) is 3.68. The molecule has 6 aromatic carbocycles. The molecule has 5 heteroatoms. The van der Waals surface area contributed by atoms with Crippen molar-refractivity contribution in [3.05, 3.63) is 167 Å². The number of aryl methyl sites for hydroxylation is 1. The predicted octanol–water partition coefficient (Wildman–Crippen LogP) is 14.8. The molecular weight excluding hydrogens is 926 g/mol. The van der Waals surface area contributed by atoms with Gasteiger partial charge in [0.25, 0.3) is 0 Å². The van der Waals surface area contributed by atoms with Crippen LogP contribution in [0.1, 0.15) is 108 Å². The van der Waals surface area contributed by atoms with Crippen LogP contribution in [0, 0.1) is 19.8 Å². The second kappa shape index (κ2) is 16.4. The summed E-state index contributed by atoms with van der Waals surface area (Å²) in [5, 5.41) is 12.4. The van der Waals surface area contributed by atoms with Gasteiger partial charge in [0.05, 0.1) is 26.2 Å². The number of benzene rings is 6. The molecule has 312 valence electrons. The van der Waals surface area contributed by atoms with Gasteiger partial charge < -0.3 is 5.11 Å². The third-order valence-electron chi connectivity index (χ3n) is 10.8. The van der Waals surface area contributed by atoms with E-state index in [2.05, 4.69) is 31.8 Å². The van der Waals surface area contributed by atoms with Crippen molar-refractivity contribution in [2.45, 2.75) is 92.3 Å². The summed E-state index contributed by atoms with van der Waals surface area (Å²) in [7, 11) is 0. The molecule has 8 aromatic rings. The summed E-state index contributed by atoms with van der Waals surface area (Å²) in [4.78, 5) is 9.78. The van der Waals surface area contributed by atoms with Gasteiger partial charge in [-0.3, -0.25) is 9.55 Å². The molecule has 0 atom stereocenters. The SMILES string of the molecule is [2H]c1nc(-c2[c-]c(-c3cccc4c3nc(-c3cc(C(C)(C)C)cc(C(C)(C)C)c3O)n4-c3ccc(-c4ccccc4)c(C([2H])([2H])[2H])c3)cc(C(C)(C)C)c2)c([2H])c(-c2c([2H])c([2H])c(C([2H])([2H])[2H])c([2H])c2[2H])c1[2H].[Pt]. The van der Waals surface area contributed by atoms with Gasteiger partial charge in [-0.2, -0.15) is 0 Å². The molecule has 0 aliphatic carbocycles. The zero-order chi connectivity index (χ0) is 53.8. The number of hydrogen-bond donors (Lipinski definition) is 1. The van der Waals surface area contributed by atoms with Gasteiger partial charge in [-0.1, -0.05) is 164 Å². The Morgan fingerprint density at radius 3 is 2.02 bits per heavy atom. The van der Waals surface area contributed by atoms with Gasteiger partial charge in [0.15, 0.2) is 0 Å². The number of fused-ring (bicyclic) bond motifs is 1. The van der Waals surface area contributed by atoms with Gasteiger partial charge in [-0.25, -0.2) is 4.98 Å². The zero-order valence-electron chi connectivity index (χ0n) is 48.8. The molecule has 0 spiro atoms. The van der Waals surface area contributed by atoms with Crippen molar-refractivity contribution in [2.75, 3.05) is 0 Å². The van der Waals surface area contributed by atoms with Crippen LogP contribution in [0.25, 0.3) is 72.7 Å². The van der Waals surface area contributed by atoms with Crippen molar-refractivity contribution in [3.63, 3.8) is 0 Å². The molecule has 0 saturated carbocycles. The van der Waals surface area contributed by atoms with Gasteiger partial charge in [-0.15, -0.1) is 29.3 Å². The Hall–Kier alpha value is -5.57. The molecule has 0 aliphatic heterocycles. The maximum absolute atomic E-state index is 12.4. The van der Waals surface area contributed by atoms with Crippen LogP contribution in [0.5, 0.6) is 5.75 Å². The Morgan fingerprint density at radius 1 is 0.639 bits per heavy atom. The second-order valence-corrected chi connectivity index (χ2v) is 18.4. The van der Waals surface area contributed by atoms with Gasteiger partial charge in [-0.05, 0) is 93.6 Å². The van der Waals surface area contributed by atoms with E-state index in [0.717, 1.165) is 16.7 Å². The fourth-order valence-corrected chi connectivity index (χ4v) is 7.39. The molecule has 61 heavy (non-hydrogen) atoms. The first-order valence-electron chi connectivity index (χ1n) is 26.5. The Balaban J connectivity index is 0.00000800. The molecule has 0 saturated heterocycles. The van der Waals surface area contributed by atoms with Crippen LogP contribution < -0.4 is 0 Å². The van der Waals surface area contributed by atoms with E-state index in [1.807, 2.05) is 119 Å². The number of pyridine rings is 1. The van der Waals surface area contributed by atoms with Crippen molar-refractivity contribution in [1.29, 1.82) is 0 Å². The van der Waals surface area contributed by atoms with E-state index in [1.54, 1.807) is 18.2 Å². The zero-order valence-corrected chi connectivity index (χ0v) is 38.0. The second-order valence-electron chi connectivity index (χ2n) is 18.4. The minimum absolute atomic E-state index is 0. The van der Waals surface area contributed by atoms with Crippen molar-refractivity contribution >= 4 is 11.0 Å². The summed E-state index contributed by atoms with van der Waals surface area (Å²) in [6, 6.07) is 26.8. The van der Waals surface area contributed by atoms with Crippen LogP contribution in [0.2, 0.25) is 0 Å². The maximum Gasteiger partial charge on any atom is 0.148 e. The van der Waals surface area contributed by atoms with E-state index in [4.69, 9.17) is 21.4 Å². The monoisotopic (exact) mass is 994 g/mol. The Kier molecular flexibility index (Phi) is 7.95. The van der Waals surface area contributed by atoms with Gasteiger partial charge >= 0.3 is 0 Å². The maximum atomic E-state index is 12.4. The van der Waals surface area contributed by atoms with E-state index in [0.29, 0.717) is 50.4 Å². The summed E-state index contributed by atoms with van der Waals surface area (Å²) in [5.41, 5.74) is 3.61. The minimum Gasteiger partial charge on any atom is -0.507 e. The first-order valence-corrected chi connectivity index (χ1v) is 20.0. The molecule has 0 bridgehead atoms. The smallest absolute Gasteiger partial charge is 0.148 e. The molecule has 8 rings (SSSR count). The van der Waals surface area contributed by atoms with Crippen LogP contribution in [0.15, 0.2) is 133 Å². The molecule has 0 radical (unpaired) electrons. The van der Waals surface area contributed by atoms with E-state index in [-0.39, 0.29) is 49.1 Å². The number of phenols is 1. The molecule has 1 N–H and O–H groups in total. The summed E-state index contributed by atoms with van der Waals surface area (Å²) >= 11 is 0. The average molecular weight is 995 g/mol. The summed E-state index contributed by atoms with van der Waals surface area (Å²) in [6.45, 7) is 12.8. The normalized spacial score (nSPS) is 15.6. The standard InChI is InChI=1S/C56H56N3O.Pt/c1-35-20-22-37(23-21-35)39-26-27-57-49(32-39)41-29-40(30-42(31-41)54(3,4)5)46-18-15-19-50-51(46)58-53(47-33-43(55(6,7)8)34-48(52(47)60)56(9,10)11)59(50)44-24-25-45(36(2)28-44)38-16-13-12-14-17-38;/h12-28,30-34,60H,1-11H3;/q-1;/i1D3,2D3,20D,21D,22D,23D,26D,27D,32D;. The van der Waals surface area contributed by atoms with Gasteiger partial charge in [0.2, 0.25) is 0 Å². The fourth-order valence-electron chi connectivity index (χ4n) is 7.39. The Bertz CT molecular complexity index is 3500. The minimum atomic E-state index is -2.99. The summed E-state index contributed by atoms with van der Waals surface area (Å²) in [5.74, 6) is 0.351. The van der Waals surface area contributed by atoms with Crippen LogP contribution in [-0.4, -0.2) is 19.6 Å². The molecule has 0 amide bonds. The van der Waals surface area contributed by atoms with Crippen molar-refractivity contribution in [1.82, 2.24) is 14.5 Å². The number of aromatic hydroxyl groups is 1. The number of rotatable bonds is 6. The topological polar surface area (TPSA) is 50.9 Å². The molecule has 0 aliphatic rings. The fraction of sp³-hybridized carbons (Fsp3) is 0.250. The Labute approximate surface area is 395 Å². The van der Waals surface area contributed by atoms with Crippen LogP contribution in [0.4, 0.5) is 0 Å². The summed E-state index contributed by atoms with van der Waals surface area (Å²) < 4.78 is 114. The number of phenolic OH excluding ortho intramolecular Hbond substituents is 1. The van der Waals surface area contributed by atoms with Crippen molar-refractivity contribution in [3.8, 4) is 67.5 Å². The number of para-hydroxylation sites is 1. The molecule has 0 fully saturated rings. The van der Waals surface area contributed by atoms with E-state index < -0.39 is 83.7 Å². The van der Waals surface area contributed by atoms with E-state index in [9.17, 15) is 6.48 Å². The number of hydrogen-bond acceptors (Lipinski definition) is 3. The molecular formula is C56H56N3OPt-. The first kappa shape index (κ1) is 29.6. The third kappa shape index (κ3) is 8.66. The van der Waals surface area contributed by atoms with Gasteiger partial charge in [0.1, 0.15) is 11.6 Å². The van der Waals surface area contributed by atoms with Crippen molar-refractivity contribution in [2.24, 2.45) is 0 Å². The number of imidazole rings is 1. The third-order valence-corrected chi connectivity index (χ3v) is 10.8. The first-order chi connectivity index (χ1) is 33.7. The van der Waals surface area contributed by atoms with Gasteiger partial charge in [0, 0.05) is 52.4 Å². The van der Waals surface area contributed by atoms with E-state index >= 15 is 0 Å². The van der Waals surface area contributed by atoms with Crippen LogP contribution >= 0.6 is 0 Å². The molecule has 2 heterocycles. The number of nitrogens with zero attached hydrogens (tertiary/aromatic N) is 3. The molecule has 0 unspecified atom stereocenters. The van der Waals surface area contributed by atoms with Crippen molar-refractivity contribution < 1.29 is 44.0 Å². The van der Waals surface area contributed by atoms with E-state index in [1.165, 1.54) is 0 Å². The summed E-state index contributed by atoms with van der Waals surface area (Å²) in [6.07, 6.45) is -0.624. The van der Waals surface area contributed by atoms with Crippen LogP contribution in [-0.2, 0) is 37.3 Å². The largest absolute Gasteiger partial charge is 0.507 e. The van der Waals surface area contributed by atoms with Crippen LogP contribution in [0.3, 0.4) is 0 Å². The Morgan fingerprint density at radius 2 is 1.34 bits per heavy atom. The molecule has 2 aromatic heterocycles. The number of aromatic nitrogens is 3.